The number of amides is 1. The van der Waals surface area contributed by atoms with Gasteiger partial charge < -0.3 is 9.73 Å². The van der Waals surface area contributed by atoms with Crippen molar-refractivity contribution < 1.29 is 9.21 Å². The van der Waals surface area contributed by atoms with Gasteiger partial charge in [-0.05, 0) is 38.1 Å². The van der Waals surface area contributed by atoms with E-state index in [9.17, 15) is 4.79 Å². The average Bonchev–Trinajstić information content (AvgIpc) is 2.89. The fourth-order valence-electron chi connectivity index (χ4n) is 1.85. The minimum atomic E-state index is -0.240. The van der Waals surface area contributed by atoms with Gasteiger partial charge in [-0.25, -0.2) is 0 Å². The smallest absolute Gasteiger partial charge is 0.238 e. The molecule has 118 valence electrons. The zero-order valence-electron chi connectivity index (χ0n) is 12.0. The number of hydrogen-bond acceptors (Lipinski definition) is 3. The summed E-state index contributed by atoms with van der Waals surface area (Å²) in [6.45, 7) is 3.89. The second kappa shape index (κ2) is 7.38. The number of hydrogen-bond donors (Lipinski definition) is 2. The molecule has 0 aliphatic rings. The van der Waals surface area contributed by atoms with Crippen LogP contribution >= 0.6 is 34.8 Å². The molecule has 7 heteroatoms. The van der Waals surface area contributed by atoms with Gasteiger partial charge in [0.05, 0.1) is 33.3 Å². The summed E-state index contributed by atoms with van der Waals surface area (Å²) < 4.78 is 5.50. The summed E-state index contributed by atoms with van der Waals surface area (Å²) in [6.07, 6.45) is 0. The molecule has 1 aromatic carbocycles. The fraction of sp³-hybridized carbons (Fsp3) is 0.267. The van der Waals surface area contributed by atoms with E-state index >= 15 is 0 Å². The van der Waals surface area contributed by atoms with Crippen LogP contribution in [-0.4, -0.2) is 12.5 Å². The second-order valence-electron chi connectivity index (χ2n) is 4.85. The molecule has 0 fully saturated rings. The van der Waals surface area contributed by atoms with Gasteiger partial charge in [-0.15, -0.1) is 0 Å². The number of aryl methyl sites for hydroxylation is 1. The highest BCUT2D eigenvalue weighted by molar-refractivity contribution is 6.44. The van der Waals surface area contributed by atoms with E-state index in [4.69, 9.17) is 39.2 Å². The van der Waals surface area contributed by atoms with Crippen molar-refractivity contribution in [3.05, 3.63) is 50.9 Å². The molecule has 1 heterocycles. The molecule has 0 saturated carbocycles. The number of rotatable bonds is 5. The number of anilines is 1. The maximum absolute atomic E-state index is 12.0. The van der Waals surface area contributed by atoms with Crippen LogP contribution in [0.15, 0.2) is 28.7 Å². The quantitative estimate of drug-likeness (QED) is 0.749. The van der Waals surface area contributed by atoms with Crippen molar-refractivity contribution in [3.8, 4) is 0 Å². The number of carbonyl (C=O) groups excluding carboxylic acids is 1. The van der Waals surface area contributed by atoms with Crippen LogP contribution in [0, 0.1) is 6.92 Å². The first-order valence-corrected chi connectivity index (χ1v) is 7.74. The fourth-order valence-corrected chi connectivity index (χ4v) is 2.44. The summed E-state index contributed by atoms with van der Waals surface area (Å²) in [5, 5.41) is 6.75. The third-order valence-electron chi connectivity index (χ3n) is 3.04. The molecule has 4 nitrogen and oxygen atoms in total. The zero-order valence-corrected chi connectivity index (χ0v) is 14.3. The van der Waals surface area contributed by atoms with Gasteiger partial charge >= 0.3 is 0 Å². The minimum absolute atomic E-state index is 0.0799. The lowest BCUT2D eigenvalue weighted by atomic mass is 10.2. The van der Waals surface area contributed by atoms with Gasteiger partial charge in [0.1, 0.15) is 11.5 Å². The standard InChI is InChI=1S/C15H15Cl3N2O2/c1-8-3-4-14(22-8)9(2)19-7-15(21)20-13-6-11(17)10(16)5-12(13)18/h3-6,9,19H,7H2,1-2H3,(H,20,21). The van der Waals surface area contributed by atoms with Crippen LogP contribution in [-0.2, 0) is 4.79 Å². The molecule has 2 N–H and O–H groups in total. The predicted molar refractivity (Wildman–Crippen MR) is 90.0 cm³/mol. The molecular weight excluding hydrogens is 347 g/mol. The van der Waals surface area contributed by atoms with Crippen molar-refractivity contribution in [2.45, 2.75) is 19.9 Å². The van der Waals surface area contributed by atoms with E-state index in [1.807, 2.05) is 26.0 Å². The third kappa shape index (κ3) is 4.40. The van der Waals surface area contributed by atoms with Crippen molar-refractivity contribution in [2.75, 3.05) is 11.9 Å². The van der Waals surface area contributed by atoms with Gasteiger partial charge in [0.25, 0.3) is 0 Å². The Kier molecular flexibility index (Phi) is 5.75. The highest BCUT2D eigenvalue weighted by atomic mass is 35.5. The zero-order chi connectivity index (χ0) is 16.3. The second-order valence-corrected chi connectivity index (χ2v) is 6.07. The van der Waals surface area contributed by atoms with Gasteiger partial charge in [-0.2, -0.15) is 0 Å². The summed E-state index contributed by atoms with van der Waals surface area (Å²) >= 11 is 17.8. The van der Waals surface area contributed by atoms with Gasteiger partial charge in [-0.1, -0.05) is 34.8 Å². The van der Waals surface area contributed by atoms with Crippen molar-refractivity contribution in [1.82, 2.24) is 5.32 Å². The first kappa shape index (κ1) is 17.2. The van der Waals surface area contributed by atoms with E-state index in [0.29, 0.717) is 20.8 Å². The molecule has 1 atom stereocenters. The van der Waals surface area contributed by atoms with E-state index in [-0.39, 0.29) is 18.5 Å². The van der Waals surface area contributed by atoms with Crippen LogP contribution in [0.25, 0.3) is 0 Å². The molecule has 1 aromatic heterocycles. The number of nitrogens with one attached hydrogen (secondary N) is 2. The Morgan fingerprint density at radius 3 is 2.50 bits per heavy atom. The number of benzene rings is 1. The Morgan fingerprint density at radius 1 is 1.18 bits per heavy atom. The van der Waals surface area contributed by atoms with Crippen LogP contribution in [0.4, 0.5) is 5.69 Å². The molecule has 2 rings (SSSR count). The molecule has 2 aromatic rings. The van der Waals surface area contributed by atoms with Crippen LogP contribution in [0.1, 0.15) is 24.5 Å². The number of carbonyl (C=O) groups is 1. The first-order valence-electron chi connectivity index (χ1n) is 6.61. The van der Waals surface area contributed by atoms with Crippen LogP contribution in [0.2, 0.25) is 15.1 Å². The van der Waals surface area contributed by atoms with Crippen LogP contribution < -0.4 is 10.6 Å². The SMILES string of the molecule is Cc1ccc(C(C)NCC(=O)Nc2cc(Cl)c(Cl)cc2Cl)o1. The molecule has 0 aliphatic carbocycles. The van der Waals surface area contributed by atoms with Crippen LogP contribution in [0.5, 0.6) is 0 Å². The van der Waals surface area contributed by atoms with Gasteiger partial charge in [0.15, 0.2) is 0 Å². The normalized spacial score (nSPS) is 12.2. The van der Waals surface area contributed by atoms with E-state index in [1.165, 1.54) is 12.1 Å². The van der Waals surface area contributed by atoms with Gasteiger partial charge in [-0.3, -0.25) is 10.1 Å². The molecule has 0 radical (unpaired) electrons. The Hall–Kier alpha value is -1.20. The summed E-state index contributed by atoms with van der Waals surface area (Å²) in [7, 11) is 0. The topological polar surface area (TPSA) is 54.3 Å². The maximum atomic E-state index is 12.0. The number of halogens is 3. The van der Waals surface area contributed by atoms with Crippen molar-refractivity contribution in [2.24, 2.45) is 0 Å². The predicted octanol–water partition coefficient (Wildman–Crippen LogP) is 4.84. The number of furan rings is 1. The van der Waals surface area contributed by atoms with Crippen LogP contribution in [0.3, 0.4) is 0 Å². The summed E-state index contributed by atoms with van der Waals surface area (Å²) in [6, 6.07) is 6.68. The Balaban J connectivity index is 1.92. The Morgan fingerprint density at radius 2 is 1.86 bits per heavy atom. The van der Waals surface area contributed by atoms with Crippen molar-refractivity contribution in [3.63, 3.8) is 0 Å². The molecule has 0 spiro atoms. The lowest BCUT2D eigenvalue weighted by Gasteiger charge is -2.12. The summed E-state index contributed by atoms with van der Waals surface area (Å²) in [5.74, 6) is 1.36. The molecule has 0 aliphatic heterocycles. The summed E-state index contributed by atoms with van der Waals surface area (Å²) in [5.41, 5.74) is 0.421. The minimum Gasteiger partial charge on any atom is -0.465 e. The van der Waals surface area contributed by atoms with Crippen molar-refractivity contribution in [1.29, 1.82) is 0 Å². The van der Waals surface area contributed by atoms with E-state index < -0.39 is 0 Å². The monoisotopic (exact) mass is 360 g/mol. The molecule has 1 amide bonds. The summed E-state index contributed by atoms with van der Waals surface area (Å²) in [4.78, 5) is 12.0. The van der Waals surface area contributed by atoms with Gasteiger partial charge in [0, 0.05) is 0 Å². The molecule has 0 saturated heterocycles. The van der Waals surface area contributed by atoms with E-state index in [0.717, 1.165) is 11.5 Å². The molecular formula is C15H15Cl3N2O2. The molecule has 0 bridgehead atoms. The molecule has 1 unspecified atom stereocenters. The average molecular weight is 362 g/mol. The first-order chi connectivity index (χ1) is 10.4. The third-order valence-corrected chi connectivity index (χ3v) is 4.08. The van der Waals surface area contributed by atoms with E-state index in [2.05, 4.69) is 10.6 Å². The van der Waals surface area contributed by atoms with E-state index in [1.54, 1.807) is 0 Å². The van der Waals surface area contributed by atoms with Gasteiger partial charge in [0.2, 0.25) is 5.91 Å². The Bertz CT molecular complexity index is 685. The highest BCUT2D eigenvalue weighted by Gasteiger charge is 2.13. The lowest BCUT2D eigenvalue weighted by Crippen LogP contribution is -2.30. The van der Waals surface area contributed by atoms with Crippen molar-refractivity contribution >= 4 is 46.4 Å². The Labute approximate surface area is 143 Å². The highest BCUT2D eigenvalue weighted by Crippen LogP contribution is 2.32. The largest absolute Gasteiger partial charge is 0.465 e. The molecule has 22 heavy (non-hydrogen) atoms. The lowest BCUT2D eigenvalue weighted by molar-refractivity contribution is -0.115. The maximum Gasteiger partial charge on any atom is 0.238 e.